The van der Waals surface area contributed by atoms with Gasteiger partial charge in [0.1, 0.15) is 6.04 Å². The number of primary sulfonamides is 1. The topological polar surface area (TPSA) is 135 Å². The number of para-hydroxylation sites is 1. The van der Waals surface area contributed by atoms with Crippen molar-refractivity contribution in [3.05, 3.63) is 90.5 Å². The van der Waals surface area contributed by atoms with Crippen LogP contribution in [0.15, 0.2) is 94.7 Å². The van der Waals surface area contributed by atoms with Crippen LogP contribution in [0.25, 0.3) is 0 Å². The van der Waals surface area contributed by atoms with Crippen molar-refractivity contribution in [1.82, 2.24) is 4.31 Å². The molecule has 1 saturated heterocycles. The summed E-state index contributed by atoms with van der Waals surface area (Å²) < 4.78 is 51.2. The number of benzene rings is 3. The summed E-state index contributed by atoms with van der Waals surface area (Å²) in [6.07, 6.45) is -0.107. The van der Waals surface area contributed by atoms with E-state index < -0.39 is 37.9 Å². The molecule has 1 fully saturated rings. The van der Waals surface area contributed by atoms with Gasteiger partial charge in [0.25, 0.3) is 5.91 Å². The Balaban J connectivity index is 1.66. The highest BCUT2D eigenvalue weighted by Gasteiger charge is 2.46. The molecular formula is C24H23N3O6S2. The van der Waals surface area contributed by atoms with E-state index in [0.717, 1.165) is 9.21 Å². The molecule has 3 aromatic rings. The van der Waals surface area contributed by atoms with Gasteiger partial charge in [0.05, 0.1) is 21.9 Å². The number of carbonyl (C=O) groups excluding carboxylic acids is 2. The van der Waals surface area contributed by atoms with Gasteiger partial charge in [-0.3, -0.25) is 9.59 Å². The van der Waals surface area contributed by atoms with E-state index in [2.05, 4.69) is 0 Å². The van der Waals surface area contributed by atoms with Crippen molar-refractivity contribution >= 4 is 37.5 Å². The van der Waals surface area contributed by atoms with E-state index in [4.69, 9.17) is 5.14 Å². The fraction of sp³-hybridized carbons (Fsp3) is 0.167. The average molecular weight is 514 g/mol. The van der Waals surface area contributed by atoms with Crippen molar-refractivity contribution in [3.63, 3.8) is 0 Å². The Morgan fingerprint density at radius 3 is 1.94 bits per heavy atom. The first-order valence-electron chi connectivity index (χ1n) is 10.7. The van der Waals surface area contributed by atoms with Crippen LogP contribution in [0.1, 0.15) is 12.0 Å². The molecular weight excluding hydrogens is 490 g/mol. The Morgan fingerprint density at radius 1 is 0.800 bits per heavy atom. The number of sulfonamides is 2. The van der Waals surface area contributed by atoms with E-state index in [1.165, 1.54) is 36.4 Å². The minimum atomic E-state index is -4.13. The lowest BCUT2D eigenvalue weighted by Crippen LogP contribution is -2.46. The van der Waals surface area contributed by atoms with E-state index in [1.807, 2.05) is 0 Å². The first kappa shape index (κ1) is 24.7. The van der Waals surface area contributed by atoms with Crippen molar-refractivity contribution < 1.29 is 26.4 Å². The quantitative estimate of drug-likeness (QED) is 0.457. The third kappa shape index (κ3) is 5.17. The van der Waals surface area contributed by atoms with E-state index >= 15 is 0 Å². The maximum absolute atomic E-state index is 13.6. The number of amides is 2. The van der Waals surface area contributed by atoms with Crippen molar-refractivity contribution in [2.75, 3.05) is 11.4 Å². The summed E-state index contributed by atoms with van der Waals surface area (Å²) in [4.78, 5) is 27.1. The molecule has 182 valence electrons. The van der Waals surface area contributed by atoms with Crippen LogP contribution < -0.4 is 10.0 Å². The second kappa shape index (κ2) is 9.70. The molecule has 2 amide bonds. The number of hydrogen-bond acceptors (Lipinski definition) is 6. The Labute approximate surface area is 203 Å². The lowest BCUT2D eigenvalue weighted by Gasteiger charge is -2.27. The van der Waals surface area contributed by atoms with Crippen LogP contribution >= 0.6 is 0 Å². The fourth-order valence-electron chi connectivity index (χ4n) is 3.95. The van der Waals surface area contributed by atoms with E-state index in [1.54, 1.807) is 48.5 Å². The Morgan fingerprint density at radius 2 is 1.37 bits per heavy atom. The molecule has 0 spiro atoms. The van der Waals surface area contributed by atoms with Gasteiger partial charge in [-0.15, -0.1) is 0 Å². The van der Waals surface area contributed by atoms with Gasteiger partial charge < -0.3 is 0 Å². The van der Waals surface area contributed by atoms with E-state index in [0.29, 0.717) is 11.3 Å². The van der Waals surface area contributed by atoms with Crippen LogP contribution in [0.2, 0.25) is 0 Å². The molecule has 9 nitrogen and oxygen atoms in total. The third-order valence-electron chi connectivity index (χ3n) is 5.71. The maximum atomic E-state index is 13.6. The number of hydrogen-bond donors (Lipinski definition) is 1. The second-order valence-electron chi connectivity index (χ2n) is 7.99. The van der Waals surface area contributed by atoms with Gasteiger partial charge in [0.2, 0.25) is 26.0 Å². The molecule has 0 bridgehead atoms. The number of carbonyl (C=O) groups is 2. The van der Waals surface area contributed by atoms with Crippen molar-refractivity contribution in [1.29, 1.82) is 0 Å². The molecule has 35 heavy (non-hydrogen) atoms. The van der Waals surface area contributed by atoms with Crippen molar-refractivity contribution in [3.8, 4) is 0 Å². The molecule has 11 heteroatoms. The summed E-state index contributed by atoms with van der Waals surface area (Å²) in [6, 6.07) is 20.6. The zero-order valence-electron chi connectivity index (χ0n) is 18.5. The van der Waals surface area contributed by atoms with E-state index in [-0.39, 0.29) is 29.2 Å². The van der Waals surface area contributed by atoms with Gasteiger partial charge in [0.15, 0.2) is 0 Å². The SMILES string of the molecule is NS(=O)(=O)c1ccc(CCN(C2CC(=O)N(c3ccccc3)C2=O)S(=O)(=O)c2ccccc2)cc1. The predicted molar refractivity (Wildman–Crippen MR) is 129 cm³/mol. The number of nitrogens with zero attached hydrogens (tertiary/aromatic N) is 2. The summed E-state index contributed by atoms with van der Waals surface area (Å²) in [6.45, 7) is -0.0989. The fourth-order valence-corrected chi connectivity index (χ4v) is 6.06. The highest BCUT2D eigenvalue weighted by atomic mass is 32.2. The number of nitrogens with two attached hydrogens (primary N) is 1. The standard InChI is InChI=1S/C24H23N3O6S2/c25-34(30,31)20-13-11-18(12-14-20)15-16-26(35(32,33)21-9-5-2-6-10-21)22-17-23(28)27(24(22)29)19-7-3-1-4-8-19/h1-14,22H,15-17H2,(H2,25,30,31). The molecule has 0 aromatic heterocycles. The van der Waals surface area contributed by atoms with Gasteiger partial charge in [-0.1, -0.05) is 48.5 Å². The van der Waals surface area contributed by atoms with Gasteiger partial charge in [-0.05, 0) is 48.4 Å². The maximum Gasteiger partial charge on any atom is 0.252 e. The molecule has 1 heterocycles. The monoisotopic (exact) mass is 513 g/mol. The smallest absolute Gasteiger partial charge is 0.252 e. The number of anilines is 1. The molecule has 3 aromatic carbocycles. The normalized spacial score (nSPS) is 16.7. The molecule has 1 unspecified atom stereocenters. The van der Waals surface area contributed by atoms with Gasteiger partial charge in [0, 0.05) is 6.54 Å². The van der Waals surface area contributed by atoms with Crippen LogP contribution in [0.4, 0.5) is 5.69 Å². The average Bonchev–Trinajstić information content (AvgIpc) is 3.13. The third-order valence-corrected chi connectivity index (χ3v) is 8.56. The summed E-state index contributed by atoms with van der Waals surface area (Å²) >= 11 is 0. The van der Waals surface area contributed by atoms with Gasteiger partial charge >= 0.3 is 0 Å². The first-order valence-corrected chi connectivity index (χ1v) is 13.7. The first-order chi connectivity index (χ1) is 16.6. The molecule has 0 radical (unpaired) electrons. The van der Waals surface area contributed by atoms with Gasteiger partial charge in [-0.2, -0.15) is 4.31 Å². The van der Waals surface area contributed by atoms with Crippen LogP contribution in [0, 0.1) is 0 Å². The van der Waals surface area contributed by atoms with Gasteiger partial charge in [-0.25, -0.2) is 26.9 Å². The summed E-state index contributed by atoms with van der Waals surface area (Å²) in [5.41, 5.74) is 1.02. The Hall–Kier alpha value is -3.38. The lowest BCUT2D eigenvalue weighted by molar-refractivity contribution is -0.122. The minimum absolute atomic E-state index is 0.00276. The second-order valence-corrected chi connectivity index (χ2v) is 11.4. The van der Waals surface area contributed by atoms with E-state index in [9.17, 15) is 26.4 Å². The number of imide groups is 1. The Kier molecular flexibility index (Phi) is 6.86. The van der Waals surface area contributed by atoms with Crippen molar-refractivity contribution in [2.24, 2.45) is 5.14 Å². The zero-order chi connectivity index (χ0) is 25.2. The predicted octanol–water partition coefficient (Wildman–Crippen LogP) is 1.90. The molecule has 1 aliphatic rings. The van der Waals surface area contributed by atoms with Crippen LogP contribution in [-0.4, -0.2) is 45.5 Å². The van der Waals surface area contributed by atoms with Crippen LogP contribution in [0.5, 0.6) is 0 Å². The van der Waals surface area contributed by atoms with Crippen molar-refractivity contribution in [2.45, 2.75) is 28.7 Å². The molecule has 4 rings (SSSR count). The van der Waals surface area contributed by atoms with Crippen LogP contribution in [-0.2, 0) is 36.1 Å². The largest absolute Gasteiger partial charge is 0.274 e. The molecule has 0 aliphatic carbocycles. The summed E-state index contributed by atoms with van der Waals surface area (Å²) in [7, 11) is -7.99. The molecule has 1 aliphatic heterocycles. The molecule has 2 N–H and O–H groups in total. The molecule has 1 atom stereocenters. The highest BCUT2D eigenvalue weighted by Crippen LogP contribution is 2.29. The highest BCUT2D eigenvalue weighted by molar-refractivity contribution is 7.89. The lowest BCUT2D eigenvalue weighted by atomic mass is 10.1. The summed E-state index contributed by atoms with van der Waals surface area (Å²) in [5.74, 6) is -1.11. The van der Waals surface area contributed by atoms with Crippen LogP contribution in [0.3, 0.4) is 0 Å². The Bertz CT molecular complexity index is 1440. The zero-order valence-corrected chi connectivity index (χ0v) is 20.2. The minimum Gasteiger partial charge on any atom is -0.274 e. The number of rotatable bonds is 8. The molecule has 0 saturated carbocycles. The summed E-state index contributed by atoms with van der Waals surface area (Å²) in [5, 5.41) is 5.13.